The molecule has 0 saturated carbocycles. The van der Waals surface area contributed by atoms with Crippen molar-refractivity contribution in [1.29, 1.82) is 0 Å². The average Bonchev–Trinajstić information content (AvgIpc) is 2.27. The minimum absolute atomic E-state index is 0. The Morgan fingerprint density at radius 3 is 2.05 bits per heavy atom. The van der Waals surface area contributed by atoms with Crippen LogP contribution in [0.4, 0.5) is 0 Å². The van der Waals surface area contributed by atoms with E-state index in [0.29, 0.717) is 6.42 Å². The zero-order valence-corrected chi connectivity index (χ0v) is 16.3. The van der Waals surface area contributed by atoms with Crippen molar-refractivity contribution >= 4 is 11.9 Å². The molecule has 19 heavy (non-hydrogen) atoms. The summed E-state index contributed by atoms with van der Waals surface area (Å²) in [6.45, 7) is 5.25. The van der Waals surface area contributed by atoms with Gasteiger partial charge in [0.05, 0.1) is 0 Å². The number of carboxylic acids is 2. The van der Waals surface area contributed by atoms with Crippen molar-refractivity contribution in [2.75, 3.05) is 0 Å². The van der Waals surface area contributed by atoms with Gasteiger partial charge in [-0.15, -0.1) is 6.58 Å². The number of rotatable bonds is 10. The van der Waals surface area contributed by atoms with Gasteiger partial charge >= 0.3 is 59.1 Å². The van der Waals surface area contributed by atoms with E-state index in [1.54, 1.807) is 13.0 Å². The maximum absolute atomic E-state index is 10.7. The first kappa shape index (κ1) is 24.7. The molecule has 0 aliphatic carbocycles. The molecule has 98 valence electrons. The number of carboxylic acid groups (broad SMARTS) is 2. The summed E-state index contributed by atoms with van der Waals surface area (Å²) in [7, 11) is 0. The van der Waals surface area contributed by atoms with Crippen LogP contribution in [-0.4, -0.2) is 11.9 Å². The third-order valence-electron chi connectivity index (χ3n) is 2.99. The Hall–Kier alpha value is 0.680. The molecule has 0 aromatic rings. The Bertz CT molecular complexity index is 269. The maximum Gasteiger partial charge on any atom is 1.00 e. The smallest absolute Gasteiger partial charge is 0.550 e. The van der Waals surface area contributed by atoms with Crippen molar-refractivity contribution in [3.05, 3.63) is 12.7 Å². The number of carbonyl (C=O) groups excluding carboxylic acids is 2. The monoisotopic (exact) mass is 286 g/mol. The van der Waals surface area contributed by atoms with Crippen molar-refractivity contribution in [2.24, 2.45) is 11.8 Å². The molecule has 0 aliphatic rings. The number of hydrogen-bond acceptors (Lipinski definition) is 4. The minimum Gasteiger partial charge on any atom is -0.550 e. The topological polar surface area (TPSA) is 80.3 Å². The van der Waals surface area contributed by atoms with E-state index in [0.717, 1.165) is 25.7 Å². The summed E-state index contributed by atoms with van der Waals surface area (Å²) in [5.41, 5.74) is 0. The van der Waals surface area contributed by atoms with E-state index in [2.05, 4.69) is 6.58 Å². The molecule has 0 bridgehead atoms. The molecule has 2 atom stereocenters. The van der Waals surface area contributed by atoms with E-state index in [1.807, 2.05) is 0 Å². The molecular formula is C13H20Na2O4. The molecule has 0 radical (unpaired) electrons. The molecule has 6 heteroatoms. The number of allylic oxidation sites excluding steroid dienone is 1. The third-order valence-corrected chi connectivity index (χ3v) is 2.99. The second-order valence-electron chi connectivity index (χ2n) is 4.33. The van der Waals surface area contributed by atoms with E-state index in [9.17, 15) is 19.8 Å². The van der Waals surface area contributed by atoms with Gasteiger partial charge in [0.2, 0.25) is 0 Å². The first-order valence-corrected chi connectivity index (χ1v) is 6.02. The molecule has 0 aromatic heterocycles. The van der Waals surface area contributed by atoms with Crippen LogP contribution < -0.4 is 69.3 Å². The summed E-state index contributed by atoms with van der Waals surface area (Å²) in [6, 6.07) is 0. The quantitative estimate of drug-likeness (QED) is 0.228. The SMILES string of the molecule is C=CC(CCCCCCC(=O)[O-])C(C)C(=O)[O-].[Na+].[Na+]. The largest absolute Gasteiger partial charge is 1.00 e. The van der Waals surface area contributed by atoms with Gasteiger partial charge in [-0.2, -0.15) is 0 Å². The molecule has 0 aromatic carbocycles. The summed E-state index contributed by atoms with van der Waals surface area (Å²) in [5, 5.41) is 20.8. The van der Waals surface area contributed by atoms with Crippen LogP contribution in [0, 0.1) is 11.8 Å². The summed E-state index contributed by atoms with van der Waals surface area (Å²) < 4.78 is 0. The predicted octanol–water partition coefficient (Wildman–Crippen LogP) is -5.73. The Kier molecular flexibility index (Phi) is 19.6. The fraction of sp³-hybridized carbons (Fsp3) is 0.692. The standard InChI is InChI=1S/C13H22O4.2Na/c1-3-11(10(2)13(16)17)8-6-4-5-7-9-12(14)15;;/h3,10-11H,1,4-9H2,2H3,(H,14,15)(H,16,17);;/q;2*+1/p-2. The number of carbonyl (C=O) groups is 2. The van der Waals surface area contributed by atoms with Gasteiger partial charge in [-0.05, 0) is 25.2 Å². The molecule has 0 N–H and O–H groups in total. The molecule has 0 fully saturated rings. The van der Waals surface area contributed by atoms with Gasteiger partial charge in [-0.1, -0.05) is 32.3 Å². The molecular weight excluding hydrogens is 266 g/mol. The van der Waals surface area contributed by atoms with Gasteiger partial charge < -0.3 is 19.8 Å². The van der Waals surface area contributed by atoms with Crippen LogP contribution in [0.5, 0.6) is 0 Å². The normalized spacial score (nSPS) is 12.5. The van der Waals surface area contributed by atoms with Crippen molar-refractivity contribution in [1.82, 2.24) is 0 Å². The first-order chi connectivity index (χ1) is 7.99. The number of hydrogen-bond donors (Lipinski definition) is 0. The zero-order chi connectivity index (χ0) is 13.3. The van der Waals surface area contributed by atoms with Crippen molar-refractivity contribution in [3.8, 4) is 0 Å². The molecule has 0 rings (SSSR count). The molecule has 0 heterocycles. The molecule has 0 amide bonds. The van der Waals surface area contributed by atoms with Gasteiger partial charge in [-0.3, -0.25) is 0 Å². The molecule has 0 aliphatic heterocycles. The summed E-state index contributed by atoms with van der Waals surface area (Å²) in [6.07, 6.45) is 5.74. The summed E-state index contributed by atoms with van der Waals surface area (Å²) >= 11 is 0. The van der Waals surface area contributed by atoms with E-state index >= 15 is 0 Å². The van der Waals surface area contributed by atoms with E-state index < -0.39 is 17.9 Å². The molecule has 4 nitrogen and oxygen atoms in total. The summed E-state index contributed by atoms with van der Waals surface area (Å²) in [4.78, 5) is 20.8. The van der Waals surface area contributed by atoms with Gasteiger partial charge in [0.15, 0.2) is 0 Å². The van der Waals surface area contributed by atoms with Gasteiger partial charge in [0.25, 0.3) is 0 Å². The minimum atomic E-state index is -1.05. The van der Waals surface area contributed by atoms with Gasteiger partial charge in [-0.25, -0.2) is 0 Å². The second kappa shape index (κ2) is 15.1. The molecule has 0 spiro atoms. The van der Waals surface area contributed by atoms with Crippen LogP contribution >= 0.6 is 0 Å². The Morgan fingerprint density at radius 1 is 1.11 bits per heavy atom. The van der Waals surface area contributed by atoms with Crippen molar-refractivity contribution < 1.29 is 78.9 Å². The van der Waals surface area contributed by atoms with Crippen LogP contribution in [0.3, 0.4) is 0 Å². The van der Waals surface area contributed by atoms with Crippen LogP contribution in [-0.2, 0) is 9.59 Å². The second-order valence-corrected chi connectivity index (χ2v) is 4.33. The fourth-order valence-electron chi connectivity index (χ4n) is 1.75. The van der Waals surface area contributed by atoms with Crippen LogP contribution in [0.1, 0.15) is 45.4 Å². The first-order valence-electron chi connectivity index (χ1n) is 6.02. The Morgan fingerprint density at radius 2 is 1.63 bits per heavy atom. The van der Waals surface area contributed by atoms with E-state index in [1.165, 1.54) is 0 Å². The average molecular weight is 286 g/mol. The van der Waals surface area contributed by atoms with Crippen LogP contribution in [0.15, 0.2) is 12.7 Å². The van der Waals surface area contributed by atoms with Crippen LogP contribution in [0.25, 0.3) is 0 Å². The number of unbranched alkanes of at least 4 members (excludes halogenated alkanes) is 3. The van der Waals surface area contributed by atoms with Gasteiger partial charge in [0, 0.05) is 17.9 Å². The maximum atomic E-state index is 10.7. The van der Waals surface area contributed by atoms with Crippen molar-refractivity contribution in [3.63, 3.8) is 0 Å². The predicted molar refractivity (Wildman–Crippen MR) is 60.6 cm³/mol. The van der Waals surface area contributed by atoms with Crippen LogP contribution in [0.2, 0.25) is 0 Å². The number of aliphatic carboxylic acids is 2. The Labute approximate surface area is 159 Å². The molecule has 0 saturated heterocycles. The third kappa shape index (κ3) is 13.4. The van der Waals surface area contributed by atoms with Crippen molar-refractivity contribution in [2.45, 2.75) is 45.4 Å². The van der Waals surface area contributed by atoms with E-state index in [-0.39, 0.29) is 71.5 Å². The van der Waals surface area contributed by atoms with Gasteiger partial charge in [0.1, 0.15) is 0 Å². The summed E-state index contributed by atoms with van der Waals surface area (Å²) in [5.74, 6) is -2.65. The van der Waals surface area contributed by atoms with E-state index in [4.69, 9.17) is 0 Å². The Balaban J connectivity index is -0.00000128. The fourth-order valence-corrected chi connectivity index (χ4v) is 1.75. The zero-order valence-electron chi connectivity index (χ0n) is 12.3. The molecule has 2 unspecified atom stereocenters.